The molecular formula is C28H36ClFN2S. The first-order chi connectivity index (χ1) is 16.0. The number of thioether (sulfide) groups is 1. The number of nitrogens with one attached hydrogen (secondary N) is 1. The van der Waals surface area contributed by atoms with E-state index >= 15 is 0 Å². The summed E-state index contributed by atoms with van der Waals surface area (Å²) in [4.78, 5) is 4.74. The Bertz CT molecular complexity index is 908. The molecule has 0 saturated carbocycles. The molecule has 1 aromatic rings. The second kappa shape index (κ2) is 16.3. The van der Waals surface area contributed by atoms with Crippen molar-refractivity contribution < 1.29 is 4.39 Å². The lowest BCUT2D eigenvalue weighted by molar-refractivity contribution is 0.481. The van der Waals surface area contributed by atoms with E-state index in [1.807, 2.05) is 32.1 Å². The molecule has 1 aromatic carbocycles. The fraction of sp³-hybridized carbons (Fsp3) is 0.321. The molecule has 2 rings (SSSR count). The monoisotopic (exact) mass is 486 g/mol. The molecule has 0 aromatic heterocycles. The number of benzene rings is 1. The van der Waals surface area contributed by atoms with Gasteiger partial charge in [-0.2, -0.15) is 0 Å². The molecule has 1 N–H and O–H groups in total. The van der Waals surface area contributed by atoms with Crippen LogP contribution in [0.2, 0.25) is 5.02 Å². The molecule has 5 heteroatoms. The van der Waals surface area contributed by atoms with Crippen molar-refractivity contribution in [2.24, 2.45) is 10.9 Å². The summed E-state index contributed by atoms with van der Waals surface area (Å²) in [5, 5.41) is 4.83. The van der Waals surface area contributed by atoms with Crippen LogP contribution in [0.4, 0.5) is 4.39 Å². The number of halogens is 2. The van der Waals surface area contributed by atoms with Crippen molar-refractivity contribution in [2.45, 2.75) is 45.9 Å². The molecule has 0 amide bonds. The second-order valence-corrected chi connectivity index (χ2v) is 8.61. The van der Waals surface area contributed by atoms with Gasteiger partial charge in [0.05, 0.1) is 12.6 Å². The fourth-order valence-electron chi connectivity index (χ4n) is 3.27. The van der Waals surface area contributed by atoms with Gasteiger partial charge in [-0.15, -0.1) is 0 Å². The topological polar surface area (TPSA) is 24.4 Å². The lowest BCUT2D eigenvalue weighted by Gasteiger charge is -2.34. The van der Waals surface area contributed by atoms with Gasteiger partial charge in [-0.3, -0.25) is 4.99 Å². The third kappa shape index (κ3) is 9.61. The number of rotatable bonds is 9. The minimum Gasteiger partial charge on any atom is -0.358 e. The van der Waals surface area contributed by atoms with Gasteiger partial charge in [0.2, 0.25) is 0 Å². The molecule has 0 bridgehead atoms. The first kappa shape index (κ1) is 28.7. The highest BCUT2D eigenvalue weighted by Crippen LogP contribution is 2.29. The molecule has 1 aliphatic heterocycles. The van der Waals surface area contributed by atoms with E-state index in [0.717, 1.165) is 11.6 Å². The molecule has 2 atom stereocenters. The second-order valence-electron chi connectivity index (χ2n) is 7.24. The van der Waals surface area contributed by atoms with Crippen LogP contribution in [0.15, 0.2) is 96.1 Å². The minimum atomic E-state index is -0.288. The van der Waals surface area contributed by atoms with Gasteiger partial charge in [-0.1, -0.05) is 116 Å². The van der Waals surface area contributed by atoms with E-state index in [4.69, 9.17) is 16.6 Å². The summed E-state index contributed by atoms with van der Waals surface area (Å²) >= 11 is 7.66. The lowest BCUT2D eigenvalue weighted by Crippen LogP contribution is -2.45. The summed E-state index contributed by atoms with van der Waals surface area (Å²) in [5.74, 6) is 0.371. The Morgan fingerprint density at radius 3 is 2.58 bits per heavy atom. The average molecular weight is 487 g/mol. The van der Waals surface area contributed by atoms with Crippen molar-refractivity contribution in [3.63, 3.8) is 0 Å². The van der Waals surface area contributed by atoms with Crippen molar-refractivity contribution in [3.05, 3.63) is 108 Å². The molecule has 178 valence electrons. The Hall–Kier alpha value is -2.30. The van der Waals surface area contributed by atoms with Gasteiger partial charge in [0.15, 0.2) is 5.17 Å². The van der Waals surface area contributed by atoms with Crippen LogP contribution in [-0.4, -0.2) is 17.8 Å². The van der Waals surface area contributed by atoms with E-state index in [1.165, 1.54) is 29.0 Å². The first-order valence-electron chi connectivity index (χ1n) is 11.2. The Balaban J connectivity index is 0.00000265. The highest BCUT2D eigenvalue weighted by atomic mass is 35.5. The number of nitrogens with zero attached hydrogens (tertiary/aromatic N) is 1. The zero-order valence-corrected chi connectivity index (χ0v) is 21.7. The maximum absolute atomic E-state index is 14.1. The predicted molar refractivity (Wildman–Crippen MR) is 148 cm³/mol. The predicted octanol–water partition coefficient (Wildman–Crippen LogP) is 8.45. The van der Waals surface area contributed by atoms with Gasteiger partial charge in [0.25, 0.3) is 0 Å². The third-order valence-electron chi connectivity index (χ3n) is 5.06. The Kier molecular flexibility index (Phi) is 14.2. The number of allylic oxidation sites excluding steroid dienone is 8. The van der Waals surface area contributed by atoms with Crippen molar-refractivity contribution >= 4 is 28.5 Å². The largest absolute Gasteiger partial charge is 0.358 e. The van der Waals surface area contributed by atoms with E-state index in [1.54, 1.807) is 24.3 Å². The number of hydrogen-bond acceptors (Lipinski definition) is 3. The Morgan fingerprint density at radius 1 is 1.18 bits per heavy atom. The standard InChI is InChI=1S/C26H30ClFN2S.C2H6/c1-5-7-9-11-14-20(4)25-21(19(3)13-10-8-6-2)17-29-26(30-25)31-18-22-23(27)15-12-16-24(22)28;1-2/h5-10,12-16,21,25H,1-2,11,17-18H2,3-4H3,(H,29,30);1-2H3/b9-7-,10-8-,19-13+,20-14+;/t21-,25+;/m0./s1. The fourth-order valence-corrected chi connectivity index (χ4v) is 4.53. The van der Waals surface area contributed by atoms with E-state index in [2.05, 4.69) is 50.6 Å². The molecule has 0 spiro atoms. The highest BCUT2D eigenvalue weighted by Gasteiger charge is 2.29. The van der Waals surface area contributed by atoms with Gasteiger partial charge in [0, 0.05) is 22.3 Å². The number of aliphatic imine (C=N–C) groups is 1. The molecular weight excluding hydrogens is 451 g/mol. The molecule has 0 radical (unpaired) electrons. The van der Waals surface area contributed by atoms with Crippen molar-refractivity contribution in [1.29, 1.82) is 0 Å². The zero-order chi connectivity index (χ0) is 24.6. The lowest BCUT2D eigenvalue weighted by atomic mass is 9.86. The van der Waals surface area contributed by atoms with Crippen LogP contribution in [0.5, 0.6) is 0 Å². The van der Waals surface area contributed by atoms with Crippen LogP contribution < -0.4 is 5.32 Å². The van der Waals surface area contributed by atoms with Gasteiger partial charge >= 0.3 is 0 Å². The van der Waals surface area contributed by atoms with E-state index in [9.17, 15) is 4.39 Å². The molecule has 1 aliphatic rings. The maximum Gasteiger partial charge on any atom is 0.157 e. The molecule has 2 nitrogen and oxygen atoms in total. The van der Waals surface area contributed by atoms with Crippen LogP contribution in [0, 0.1) is 11.7 Å². The maximum atomic E-state index is 14.1. The molecule has 1 heterocycles. The van der Waals surface area contributed by atoms with Gasteiger partial charge in [-0.05, 0) is 32.4 Å². The smallest absolute Gasteiger partial charge is 0.157 e. The summed E-state index contributed by atoms with van der Waals surface area (Å²) in [5.41, 5.74) is 3.00. The molecule has 0 aliphatic carbocycles. The van der Waals surface area contributed by atoms with Crippen LogP contribution in [0.1, 0.15) is 39.7 Å². The van der Waals surface area contributed by atoms with E-state index in [-0.39, 0.29) is 17.8 Å². The molecule has 33 heavy (non-hydrogen) atoms. The number of hydrogen-bond donors (Lipinski definition) is 1. The van der Waals surface area contributed by atoms with Crippen LogP contribution >= 0.6 is 23.4 Å². The normalized spacial score (nSPS) is 19.0. The molecule has 0 fully saturated rings. The summed E-state index contributed by atoms with van der Waals surface area (Å²) in [6.45, 7) is 16.4. The summed E-state index contributed by atoms with van der Waals surface area (Å²) in [7, 11) is 0. The van der Waals surface area contributed by atoms with E-state index < -0.39 is 0 Å². The van der Waals surface area contributed by atoms with Crippen LogP contribution in [0.25, 0.3) is 0 Å². The number of amidine groups is 1. The average Bonchev–Trinajstić information content (AvgIpc) is 2.82. The van der Waals surface area contributed by atoms with Crippen molar-refractivity contribution in [2.75, 3.05) is 6.54 Å². The van der Waals surface area contributed by atoms with Crippen LogP contribution in [-0.2, 0) is 5.75 Å². The quantitative estimate of drug-likeness (QED) is 0.279. The summed E-state index contributed by atoms with van der Waals surface area (Å²) in [6.07, 6.45) is 16.6. The highest BCUT2D eigenvalue weighted by molar-refractivity contribution is 8.13. The Labute approximate surface area is 208 Å². The summed E-state index contributed by atoms with van der Waals surface area (Å²) in [6, 6.07) is 4.88. The van der Waals surface area contributed by atoms with Gasteiger partial charge in [0.1, 0.15) is 5.82 Å². The first-order valence-corrected chi connectivity index (χ1v) is 12.6. The van der Waals surface area contributed by atoms with Crippen molar-refractivity contribution in [3.8, 4) is 0 Å². The SMILES string of the molecule is C=C/C=C\C=C(/C)[C@@H]1CN=C(SCc2c(F)cccc2Cl)N[C@@H]1/C(C)=C/C/C=C\C=C.CC. The third-order valence-corrected chi connectivity index (χ3v) is 6.37. The zero-order valence-electron chi connectivity index (χ0n) is 20.2. The minimum absolute atomic E-state index is 0.113. The van der Waals surface area contributed by atoms with Gasteiger partial charge in [-0.25, -0.2) is 4.39 Å². The molecule has 0 saturated heterocycles. The Morgan fingerprint density at radius 2 is 1.91 bits per heavy atom. The van der Waals surface area contributed by atoms with E-state index in [0.29, 0.717) is 22.9 Å². The summed E-state index contributed by atoms with van der Waals surface area (Å²) < 4.78 is 14.1. The molecule has 0 unspecified atom stereocenters. The van der Waals surface area contributed by atoms with Crippen LogP contribution in [0.3, 0.4) is 0 Å². The van der Waals surface area contributed by atoms with Gasteiger partial charge < -0.3 is 5.32 Å². The van der Waals surface area contributed by atoms with Crippen molar-refractivity contribution in [1.82, 2.24) is 5.32 Å².